The van der Waals surface area contributed by atoms with Gasteiger partial charge in [0.1, 0.15) is 0 Å². The highest BCUT2D eigenvalue weighted by molar-refractivity contribution is 7.89. The minimum atomic E-state index is -3.50. The average molecular weight is 349 g/mol. The Kier molecular flexibility index (Phi) is 3.89. The number of carbonyl (C=O) groups is 1. The number of hydrogen-bond donors (Lipinski definition) is 1. The third kappa shape index (κ3) is 2.64. The average Bonchev–Trinajstić information content (AvgIpc) is 3.00. The van der Waals surface area contributed by atoms with Crippen LogP contribution in [-0.4, -0.2) is 55.2 Å². The quantitative estimate of drug-likeness (QED) is 0.877. The van der Waals surface area contributed by atoms with Gasteiger partial charge in [-0.05, 0) is 56.5 Å². The van der Waals surface area contributed by atoms with Crippen LogP contribution in [0.2, 0.25) is 0 Å². The van der Waals surface area contributed by atoms with E-state index in [-0.39, 0.29) is 11.9 Å². The molecule has 0 aromatic heterocycles. The molecule has 3 heterocycles. The Hall–Kier alpha value is -1.44. The fraction of sp³-hybridized carbons (Fsp3) is 0.588. The zero-order valence-corrected chi connectivity index (χ0v) is 14.7. The van der Waals surface area contributed by atoms with Crippen molar-refractivity contribution in [2.45, 2.75) is 49.6 Å². The van der Waals surface area contributed by atoms with Crippen LogP contribution in [-0.2, 0) is 21.2 Å². The highest BCUT2D eigenvalue weighted by Crippen LogP contribution is 2.31. The van der Waals surface area contributed by atoms with Crippen LogP contribution in [0, 0.1) is 0 Å². The summed E-state index contributed by atoms with van der Waals surface area (Å²) in [6, 6.07) is 5.41. The predicted molar refractivity (Wildman–Crippen MR) is 91.3 cm³/mol. The van der Waals surface area contributed by atoms with Crippen molar-refractivity contribution < 1.29 is 13.2 Å². The first-order valence-corrected chi connectivity index (χ1v) is 10.1. The summed E-state index contributed by atoms with van der Waals surface area (Å²) in [5.41, 5.74) is 1.64. The molecule has 6 nitrogen and oxygen atoms in total. The van der Waals surface area contributed by atoms with E-state index in [0.29, 0.717) is 30.3 Å². The van der Waals surface area contributed by atoms with E-state index in [9.17, 15) is 13.2 Å². The van der Waals surface area contributed by atoms with Gasteiger partial charge in [-0.2, -0.15) is 4.31 Å². The van der Waals surface area contributed by atoms with Crippen molar-refractivity contribution in [3.63, 3.8) is 0 Å². The first-order valence-electron chi connectivity index (χ1n) is 8.64. The van der Waals surface area contributed by atoms with E-state index in [4.69, 9.17) is 0 Å². The van der Waals surface area contributed by atoms with Crippen LogP contribution in [0.4, 0.5) is 5.69 Å². The first-order chi connectivity index (χ1) is 11.4. The van der Waals surface area contributed by atoms with Crippen LogP contribution < -0.4 is 5.32 Å². The third-order valence-corrected chi connectivity index (χ3v) is 7.43. The molecule has 3 aliphatic rings. The van der Waals surface area contributed by atoms with Gasteiger partial charge in [0.2, 0.25) is 15.9 Å². The lowest BCUT2D eigenvalue weighted by atomic mass is 10.0. The number of aryl methyl sites for hydroxylation is 1. The number of nitrogens with one attached hydrogen (secondary N) is 1. The van der Waals surface area contributed by atoms with E-state index in [2.05, 4.69) is 10.2 Å². The molecule has 1 amide bonds. The number of benzene rings is 1. The highest BCUT2D eigenvalue weighted by atomic mass is 32.2. The number of anilines is 1. The second kappa shape index (κ2) is 5.82. The number of piperazine rings is 1. The molecule has 1 N–H and O–H groups in total. The number of carbonyl (C=O) groups excluding carboxylic acids is 1. The van der Waals surface area contributed by atoms with Crippen molar-refractivity contribution in [1.82, 2.24) is 9.21 Å². The van der Waals surface area contributed by atoms with Crippen LogP contribution >= 0.6 is 0 Å². The number of hydrogen-bond acceptors (Lipinski definition) is 4. The van der Waals surface area contributed by atoms with Crippen molar-refractivity contribution in [2.75, 3.05) is 25.0 Å². The minimum absolute atomic E-state index is 0.0101. The van der Waals surface area contributed by atoms with E-state index < -0.39 is 10.0 Å². The third-order valence-electron chi connectivity index (χ3n) is 5.46. The van der Waals surface area contributed by atoms with Crippen LogP contribution in [0.5, 0.6) is 0 Å². The maximum absolute atomic E-state index is 13.2. The van der Waals surface area contributed by atoms with Gasteiger partial charge in [0.05, 0.1) is 4.90 Å². The normalized spacial score (nSPS) is 28.3. The summed E-state index contributed by atoms with van der Waals surface area (Å²) >= 11 is 0. The molecule has 4 rings (SSSR count). The highest BCUT2D eigenvalue weighted by Gasteiger charge is 2.40. The number of amides is 1. The van der Waals surface area contributed by atoms with E-state index in [1.54, 1.807) is 22.5 Å². The van der Waals surface area contributed by atoms with Crippen molar-refractivity contribution >= 4 is 21.6 Å². The van der Waals surface area contributed by atoms with Crippen LogP contribution in [0.3, 0.4) is 0 Å². The molecule has 24 heavy (non-hydrogen) atoms. The summed E-state index contributed by atoms with van der Waals surface area (Å²) in [5.74, 6) is -0.0101. The molecular weight excluding hydrogens is 326 g/mol. The maximum Gasteiger partial charge on any atom is 0.243 e. The molecule has 3 aliphatic heterocycles. The number of sulfonamides is 1. The molecule has 1 aromatic carbocycles. The van der Waals surface area contributed by atoms with Gasteiger partial charge in [-0.1, -0.05) is 0 Å². The van der Waals surface area contributed by atoms with Crippen molar-refractivity contribution in [3.8, 4) is 0 Å². The lowest BCUT2D eigenvalue weighted by Crippen LogP contribution is -2.56. The van der Waals surface area contributed by atoms with Crippen LogP contribution in [0.1, 0.15) is 31.7 Å². The topological polar surface area (TPSA) is 69.7 Å². The lowest BCUT2D eigenvalue weighted by molar-refractivity contribution is -0.116. The largest absolute Gasteiger partial charge is 0.326 e. The van der Waals surface area contributed by atoms with Gasteiger partial charge >= 0.3 is 0 Å². The zero-order chi connectivity index (χ0) is 16.9. The standard InChI is InChI=1S/C17H23N3O3S/c1-12-10-19-8-2-3-14(19)11-20(12)24(22,23)15-5-6-16-13(9-15)4-7-17(21)18-16/h5-6,9,12,14H,2-4,7-8,10-11H2,1H3,(H,18,21)/t12-,14+/m1/s1. The maximum atomic E-state index is 13.2. The molecule has 1 aromatic rings. The Bertz CT molecular complexity index is 777. The van der Waals surface area contributed by atoms with Gasteiger partial charge in [-0.25, -0.2) is 8.42 Å². The van der Waals surface area contributed by atoms with Gasteiger partial charge in [0.25, 0.3) is 0 Å². The van der Waals surface area contributed by atoms with Crippen molar-refractivity contribution in [1.29, 1.82) is 0 Å². The Morgan fingerprint density at radius 1 is 1.21 bits per heavy atom. The molecule has 0 radical (unpaired) electrons. The van der Waals surface area contributed by atoms with Gasteiger partial charge < -0.3 is 5.32 Å². The van der Waals surface area contributed by atoms with E-state index in [0.717, 1.165) is 37.2 Å². The summed E-state index contributed by atoms with van der Waals surface area (Å²) in [6.07, 6.45) is 3.24. The van der Waals surface area contributed by atoms with Gasteiger partial charge in [-0.3, -0.25) is 9.69 Å². The number of fused-ring (bicyclic) bond motifs is 2. The minimum Gasteiger partial charge on any atom is -0.326 e. The van der Waals surface area contributed by atoms with Crippen LogP contribution in [0.15, 0.2) is 23.1 Å². The summed E-state index contributed by atoms with van der Waals surface area (Å²) in [5, 5.41) is 2.80. The van der Waals surface area contributed by atoms with Gasteiger partial charge in [0, 0.05) is 37.3 Å². The Morgan fingerprint density at radius 2 is 2.04 bits per heavy atom. The Labute approximate surface area is 142 Å². The Balaban J connectivity index is 1.64. The SMILES string of the molecule is C[C@@H]1CN2CCC[C@H]2CN1S(=O)(=O)c1ccc2c(c1)CCC(=O)N2. The number of rotatable bonds is 2. The molecule has 0 saturated carbocycles. The molecule has 0 unspecified atom stereocenters. The molecule has 2 saturated heterocycles. The molecular formula is C17H23N3O3S. The second-order valence-corrected chi connectivity index (χ2v) is 8.97. The van der Waals surface area contributed by atoms with Crippen molar-refractivity contribution in [2.24, 2.45) is 0 Å². The van der Waals surface area contributed by atoms with E-state index in [1.807, 2.05) is 6.92 Å². The zero-order valence-electron chi connectivity index (χ0n) is 13.9. The first kappa shape index (κ1) is 16.1. The molecule has 130 valence electrons. The second-order valence-electron chi connectivity index (χ2n) is 7.08. The lowest BCUT2D eigenvalue weighted by Gasteiger charge is -2.41. The molecule has 0 bridgehead atoms. The van der Waals surface area contributed by atoms with E-state index in [1.165, 1.54) is 0 Å². The smallest absolute Gasteiger partial charge is 0.243 e. The van der Waals surface area contributed by atoms with Crippen molar-refractivity contribution in [3.05, 3.63) is 23.8 Å². The number of nitrogens with zero attached hydrogens (tertiary/aromatic N) is 2. The van der Waals surface area contributed by atoms with Gasteiger partial charge in [-0.15, -0.1) is 0 Å². The van der Waals surface area contributed by atoms with Crippen LogP contribution in [0.25, 0.3) is 0 Å². The van der Waals surface area contributed by atoms with Gasteiger partial charge in [0.15, 0.2) is 0 Å². The fourth-order valence-electron chi connectivity index (χ4n) is 4.15. The fourth-order valence-corrected chi connectivity index (χ4v) is 5.86. The summed E-state index contributed by atoms with van der Waals surface area (Å²) in [7, 11) is -3.50. The molecule has 0 aliphatic carbocycles. The molecule has 2 atom stereocenters. The summed E-state index contributed by atoms with van der Waals surface area (Å²) in [6.45, 7) is 4.47. The van der Waals surface area contributed by atoms with E-state index >= 15 is 0 Å². The Morgan fingerprint density at radius 3 is 2.88 bits per heavy atom. The monoisotopic (exact) mass is 349 g/mol. The molecule has 7 heteroatoms. The summed E-state index contributed by atoms with van der Waals surface area (Å²) in [4.78, 5) is 14.2. The summed E-state index contributed by atoms with van der Waals surface area (Å²) < 4.78 is 28.0. The molecule has 0 spiro atoms. The molecule has 2 fully saturated rings. The predicted octanol–water partition coefficient (Wildman–Crippen LogP) is 1.43.